The summed E-state index contributed by atoms with van der Waals surface area (Å²) >= 11 is 1.68. The monoisotopic (exact) mass is 395 g/mol. The van der Waals surface area contributed by atoms with Gasteiger partial charge in [-0.15, -0.1) is 18.2 Å². The van der Waals surface area contributed by atoms with E-state index in [9.17, 15) is 4.79 Å². The van der Waals surface area contributed by atoms with Crippen molar-refractivity contribution in [1.82, 2.24) is 4.98 Å². The third kappa shape index (κ3) is 2.70. The predicted molar refractivity (Wildman–Crippen MR) is 112 cm³/mol. The number of nitrogens with zero attached hydrogens (tertiary/aromatic N) is 1. The van der Waals surface area contributed by atoms with E-state index >= 15 is 0 Å². The lowest BCUT2D eigenvalue weighted by Crippen LogP contribution is -2.26. The van der Waals surface area contributed by atoms with Gasteiger partial charge in [-0.3, -0.25) is 4.79 Å². The van der Waals surface area contributed by atoms with E-state index in [2.05, 4.69) is 12.8 Å². The molecule has 28 heavy (non-hydrogen) atoms. The standard InChI is InChI=1S/C23H25NO3S/c1-6-16-28-23(21(3,4)22(23,7-2)20(25)26-5)18-14-11-15-19(24-18)27-17-12-9-8-10-13-17/h2,8-15H,6,16H2,1,3-5H3. The fourth-order valence-corrected chi connectivity index (χ4v) is 5.98. The minimum atomic E-state index is -1.08. The van der Waals surface area contributed by atoms with E-state index in [4.69, 9.17) is 20.9 Å². The lowest BCUT2D eigenvalue weighted by molar-refractivity contribution is -0.146. The highest BCUT2D eigenvalue weighted by Gasteiger charge is 2.88. The SMILES string of the molecule is C#CC1(C(=O)OC)C(C)(C)C1(SCCC)c1cccc(Oc2ccccc2)n1. The Morgan fingerprint density at radius 3 is 2.50 bits per heavy atom. The zero-order valence-electron chi connectivity index (χ0n) is 16.7. The summed E-state index contributed by atoms with van der Waals surface area (Å²) in [5.74, 6) is 4.43. The van der Waals surface area contributed by atoms with Crippen LogP contribution in [-0.4, -0.2) is 23.8 Å². The number of terminal acetylenes is 1. The van der Waals surface area contributed by atoms with E-state index in [0.29, 0.717) is 11.6 Å². The molecule has 1 aliphatic rings. The van der Waals surface area contributed by atoms with E-state index in [-0.39, 0.29) is 5.97 Å². The first kappa shape index (κ1) is 20.3. The van der Waals surface area contributed by atoms with Crippen molar-refractivity contribution >= 4 is 17.7 Å². The molecule has 0 aliphatic heterocycles. The molecule has 2 atom stereocenters. The Morgan fingerprint density at radius 2 is 1.89 bits per heavy atom. The molecule has 1 fully saturated rings. The number of rotatable bonds is 7. The zero-order valence-corrected chi connectivity index (χ0v) is 17.5. The van der Waals surface area contributed by atoms with Crippen LogP contribution in [-0.2, 0) is 14.3 Å². The second kappa shape index (κ2) is 7.52. The zero-order chi connectivity index (χ0) is 20.4. The van der Waals surface area contributed by atoms with Gasteiger partial charge in [-0.1, -0.05) is 51.0 Å². The van der Waals surface area contributed by atoms with E-state index in [1.807, 2.05) is 56.3 Å². The number of para-hydroxylation sites is 1. The van der Waals surface area contributed by atoms with Gasteiger partial charge >= 0.3 is 5.97 Å². The number of hydrogen-bond acceptors (Lipinski definition) is 5. The van der Waals surface area contributed by atoms with Crippen LogP contribution in [0.3, 0.4) is 0 Å². The topological polar surface area (TPSA) is 48.4 Å². The molecule has 0 bridgehead atoms. The van der Waals surface area contributed by atoms with Crippen molar-refractivity contribution in [2.45, 2.75) is 31.9 Å². The third-order valence-electron chi connectivity index (χ3n) is 5.56. The predicted octanol–water partition coefficient (Wildman–Crippen LogP) is 5.04. The average Bonchev–Trinajstić information content (AvgIpc) is 3.16. The number of thioether (sulfide) groups is 1. The Labute approximate surface area is 171 Å². The normalized spacial score (nSPS) is 24.8. The highest BCUT2D eigenvalue weighted by molar-refractivity contribution is 8.00. The van der Waals surface area contributed by atoms with Gasteiger partial charge in [0.2, 0.25) is 5.88 Å². The average molecular weight is 396 g/mol. The van der Waals surface area contributed by atoms with Crippen molar-refractivity contribution in [1.29, 1.82) is 0 Å². The Bertz CT molecular complexity index is 906. The lowest BCUT2D eigenvalue weighted by Gasteiger charge is -2.21. The molecular formula is C23H25NO3S. The van der Waals surface area contributed by atoms with E-state index in [1.54, 1.807) is 17.8 Å². The maximum atomic E-state index is 12.8. The molecule has 1 aromatic carbocycles. The Hall–Kier alpha value is -2.45. The molecule has 1 aliphatic carbocycles. The summed E-state index contributed by atoms with van der Waals surface area (Å²) in [7, 11) is 1.38. The van der Waals surface area contributed by atoms with Gasteiger partial charge in [-0.2, -0.15) is 0 Å². The van der Waals surface area contributed by atoms with Gasteiger partial charge in [0, 0.05) is 11.5 Å². The summed E-state index contributed by atoms with van der Waals surface area (Å²) in [6.07, 6.45) is 6.91. The van der Waals surface area contributed by atoms with E-state index in [1.165, 1.54) is 7.11 Å². The van der Waals surface area contributed by atoms with Crippen LogP contribution in [0.2, 0.25) is 0 Å². The molecule has 0 spiro atoms. The minimum Gasteiger partial charge on any atom is -0.468 e. The number of carbonyl (C=O) groups excluding carboxylic acids is 1. The number of methoxy groups -OCH3 is 1. The first-order chi connectivity index (χ1) is 13.4. The van der Waals surface area contributed by atoms with Crippen LogP contribution in [0, 0.1) is 23.2 Å². The van der Waals surface area contributed by atoms with Crippen LogP contribution in [0.15, 0.2) is 48.5 Å². The molecule has 0 radical (unpaired) electrons. The van der Waals surface area contributed by atoms with Crippen LogP contribution < -0.4 is 4.74 Å². The summed E-state index contributed by atoms with van der Waals surface area (Å²) in [6.45, 7) is 6.13. The van der Waals surface area contributed by atoms with Crippen LogP contribution >= 0.6 is 11.8 Å². The van der Waals surface area contributed by atoms with Gasteiger partial charge in [0.05, 0.1) is 17.6 Å². The van der Waals surface area contributed by atoms with Gasteiger partial charge in [0.1, 0.15) is 5.75 Å². The summed E-state index contributed by atoms with van der Waals surface area (Å²) in [4.78, 5) is 17.6. The first-order valence-corrected chi connectivity index (χ1v) is 10.3. The molecule has 146 valence electrons. The maximum Gasteiger partial charge on any atom is 0.326 e. The lowest BCUT2D eigenvalue weighted by atomic mass is 9.97. The van der Waals surface area contributed by atoms with Crippen molar-refractivity contribution in [2.24, 2.45) is 10.8 Å². The highest BCUT2D eigenvalue weighted by atomic mass is 32.2. The van der Waals surface area contributed by atoms with Gasteiger partial charge in [-0.05, 0) is 30.4 Å². The number of carbonyl (C=O) groups is 1. The van der Waals surface area contributed by atoms with E-state index in [0.717, 1.165) is 17.9 Å². The molecule has 1 aromatic heterocycles. The number of pyridine rings is 1. The van der Waals surface area contributed by atoms with Gasteiger partial charge in [0.25, 0.3) is 0 Å². The molecule has 0 N–H and O–H groups in total. The van der Waals surface area contributed by atoms with Crippen LogP contribution in [0.4, 0.5) is 0 Å². The molecule has 0 amide bonds. The fraction of sp³-hybridized carbons (Fsp3) is 0.391. The second-order valence-corrected chi connectivity index (χ2v) is 8.63. The molecule has 2 unspecified atom stereocenters. The van der Waals surface area contributed by atoms with E-state index < -0.39 is 15.6 Å². The smallest absolute Gasteiger partial charge is 0.326 e. The van der Waals surface area contributed by atoms with Crippen molar-refractivity contribution < 1.29 is 14.3 Å². The van der Waals surface area contributed by atoms with Crippen molar-refractivity contribution in [3.05, 3.63) is 54.2 Å². The largest absolute Gasteiger partial charge is 0.468 e. The molecule has 1 heterocycles. The van der Waals surface area contributed by atoms with Gasteiger partial charge in [-0.25, -0.2) is 4.98 Å². The van der Waals surface area contributed by atoms with Crippen molar-refractivity contribution in [3.63, 3.8) is 0 Å². The number of hydrogen-bond donors (Lipinski definition) is 0. The van der Waals surface area contributed by atoms with Crippen molar-refractivity contribution in [2.75, 3.05) is 12.9 Å². The van der Waals surface area contributed by atoms with Gasteiger partial charge < -0.3 is 9.47 Å². The number of ether oxygens (including phenoxy) is 2. The maximum absolute atomic E-state index is 12.8. The molecule has 2 aromatic rings. The molecule has 4 nitrogen and oxygen atoms in total. The van der Waals surface area contributed by atoms with Crippen LogP contribution in [0.5, 0.6) is 11.6 Å². The molecule has 3 rings (SSSR count). The van der Waals surface area contributed by atoms with Crippen LogP contribution in [0.25, 0.3) is 0 Å². The summed E-state index contributed by atoms with van der Waals surface area (Å²) in [6, 6.07) is 15.1. The van der Waals surface area contributed by atoms with Gasteiger partial charge in [0.15, 0.2) is 5.41 Å². The number of esters is 1. The third-order valence-corrected chi connectivity index (χ3v) is 7.63. The Morgan fingerprint density at radius 1 is 1.18 bits per heavy atom. The Balaban J connectivity index is 2.08. The quantitative estimate of drug-likeness (QED) is 0.485. The second-order valence-electron chi connectivity index (χ2n) is 7.32. The molecular weight excluding hydrogens is 370 g/mol. The summed E-state index contributed by atoms with van der Waals surface area (Å²) in [5.41, 5.74) is -0.847. The highest BCUT2D eigenvalue weighted by Crippen LogP contribution is 2.82. The molecule has 5 heteroatoms. The Kier molecular flexibility index (Phi) is 5.45. The van der Waals surface area contributed by atoms with Crippen LogP contribution in [0.1, 0.15) is 32.9 Å². The molecule has 1 saturated carbocycles. The minimum absolute atomic E-state index is 0.389. The number of benzene rings is 1. The molecule has 0 saturated heterocycles. The fourth-order valence-electron chi connectivity index (χ4n) is 4.13. The van der Waals surface area contributed by atoms with Crippen molar-refractivity contribution in [3.8, 4) is 24.0 Å². The summed E-state index contributed by atoms with van der Waals surface area (Å²) in [5, 5.41) is 0. The number of aromatic nitrogens is 1. The summed E-state index contributed by atoms with van der Waals surface area (Å²) < 4.78 is 10.4. The first-order valence-electron chi connectivity index (χ1n) is 9.32.